The fourth-order valence-corrected chi connectivity index (χ4v) is 3.47. The lowest BCUT2D eigenvalue weighted by atomic mass is 10.2. The quantitative estimate of drug-likeness (QED) is 0.412. The summed E-state index contributed by atoms with van der Waals surface area (Å²) in [6.45, 7) is 1.26. The SMILES string of the molecule is O=C(/C=C/c1ccccc1)NCCc1nc2ccccc2n1C/C=C/c1ccccc1. The van der Waals surface area contributed by atoms with Crippen molar-refractivity contribution in [3.8, 4) is 0 Å². The van der Waals surface area contributed by atoms with Crippen LogP contribution < -0.4 is 5.32 Å². The Kier molecular flexibility index (Phi) is 6.71. The molecule has 0 bridgehead atoms. The van der Waals surface area contributed by atoms with Gasteiger partial charge in [-0.1, -0.05) is 84.9 Å². The van der Waals surface area contributed by atoms with E-state index in [1.54, 1.807) is 6.08 Å². The molecule has 1 amide bonds. The molecule has 3 aromatic carbocycles. The number of carbonyl (C=O) groups is 1. The lowest BCUT2D eigenvalue weighted by Crippen LogP contribution is -2.24. The molecule has 1 aromatic heterocycles. The van der Waals surface area contributed by atoms with Gasteiger partial charge in [0.05, 0.1) is 11.0 Å². The van der Waals surface area contributed by atoms with Crippen LogP contribution in [0.5, 0.6) is 0 Å². The van der Waals surface area contributed by atoms with Gasteiger partial charge in [-0.05, 0) is 29.3 Å². The first kappa shape index (κ1) is 20.4. The second kappa shape index (κ2) is 10.2. The van der Waals surface area contributed by atoms with Crippen LogP contribution in [-0.2, 0) is 17.8 Å². The van der Waals surface area contributed by atoms with E-state index in [0.29, 0.717) is 13.0 Å². The summed E-state index contributed by atoms with van der Waals surface area (Å²) in [4.78, 5) is 16.9. The summed E-state index contributed by atoms with van der Waals surface area (Å²) in [5.41, 5.74) is 4.25. The molecule has 1 heterocycles. The van der Waals surface area contributed by atoms with Gasteiger partial charge in [-0.2, -0.15) is 0 Å². The number of carbonyl (C=O) groups excluding carboxylic acids is 1. The highest BCUT2D eigenvalue weighted by atomic mass is 16.1. The molecule has 0 aliphatic heterocycles. The number of benzene rings is 3. The maximum Gasteiger partial charge on any atom is 0.244 e. The number of nitrogens with one attached hydrogen (secondary N) is 1. The second-order valence-corrected chi connectivity index (χ2v) is 7.23. The molecular weight excluding hydrogens is 382 g/mol. The molecule has 0 radical (unpaired) electrons. The van der Waals surface area contributed by atoms with Crippen LogP contribution in [0.2, 0.25) is 0 Å². The minimum Gasteiger partial charge on any atom is -0.352 e. The average molecular weight is 408 g/mol. The van der Waals surface area contributed by atoms with E-state index >= 15 is 0 Å². The third-order valence-electron chi connectivity index (χ3n) is 5.01. The first-order valence-corrected chi connectivity index (χ1v) is 10.5. The maximum absolute atomic E-state index is 12.2. The van der Waals surface area contributed by atoms with Crippen molar-refractivity contribution >= 4 is 29.1 Å². The van der Waals surface area contributed by atoms with Gasteiger partial charge in [0.2, 0.25) is 5.91 Å². The van der Waals surface area contributed by atoms with Gasteiger partial charge >= 0.3 is 0 Å². The molecule has 0 fully saturated rings. The van der Waals surface area contributed by atoms with Gasteiger partial charge in [0.25, 0.3) is 0 Å². The van der Waals surface area contributed by atoms with Crippen LogP contribution in [0.4, 0.5) is 0 Å². The van der Waals surface area contributed by atoms with Crippen molar-refractivity contribution in [2.24, 2.45) is 0 Å². The van der Waals surface area contributed by atoms with Crippen LogP contribution in [0.15, 0.2) is 97.1 Å². The van der Waals surface area contributed by atoms with E-state index in [0.717, 1.165) is 29.0 Å². The zero-order valence-corrected chi connectivity index (χ0v) is 17.3. The Bertz CT molecular complexity index is 1190. The van der Waals surface area contributed by atoms with Crippen molar-refractivity contribution in [2.75, 3.05) is 6.54 Å². The number of aromatic nitrogens is 2. The Morgan fingerprint density at radius 1 is 0.839 bits per heavy atom. The molecule has 4 aromatic rings. The predicted molar refractivity (Wildman–Crippen MR) is 127 cm³/mol. The molecule has 0 aliphatic rings. The number of imidazole rings is 1. The number of hydrogen-bond acceptors (Lipinski definition) is 2. The number of rotatable bonds is 8. The van der Waals surface area contributed by atoms with Gasteiger partial charge in [0, 0.05) is 25.6 Å². The van der Waals surface area contributed by atoms with Crippen LogP contribution in [0.25, 0.3) is 23.2 Å². The van der Waals surface area contributed by atoms with Gasteiger partial charge in [-0.3, -0.25) is 4.79 Å². The van der Waals surface area contributed by atoms with Crippen molar-refractivity contribution in [2.45, 2.75) is 13.0 Å². The van der Waals surface area contributed by atoms with E-state index < -0.39 is 0 Å². The van der Waals surface area contributed by atoms with Gasteiger partial charge in [-0.25, -0.2) is 4.98 Å². The van der Waals surface area contributed by atoms with E-state index in [1.165, 1.54) is 5.56 Å². The summed E-state index contributed by atoms with van der Waals surface area (Å²) in [7, 11) is 0. The number of fused-ring (bicyclic) bond motifs is 1. The number of amides is 1. The molecule has 154 valence electrons. The molecule has 0 unspecified atom stereocenters. The standard InChI is InChI=1S/C27H25N3O/c31-27(18-17-23-12-5-2-6-13-23)28-20-19-26-29-24-15-7-8-16-25(24)30(26)21-9-14-22-10-3-1-4-11-22/h1-18H,19-21H2,(H,28,31)/b14-9+,18-17+. The summed E-state index contributed by atoms with van der Waals surface area (Å²) in [6, 6.07) is 28.2. The Hall–Kier alpha value is -3.92. The van der Waals surface area contributed by atoms with Crippen molar-refractivity contribution in [3.63, 3.8) is 0 Å². The number of allylic oxidation sites excluding steroid dienone is 1. The molecule has 0 spiro atoms. The first-order chi connectivity index (χ1) is 15.3. The number of para-hydroxylation sites is 2. The van der Waals surface area contributed by atoms with Crippen molar-refractivity contribution < 1.29 is 4.79 Å². The van der Waals surface area contributed by atoms with E-state index in [-0.39, 0.29) is 5.91 Å². The van der Waals surface area contributed by atoms with Crippen LogP contribution in [0.3, 0.4) is 0 Å². The molecule has 0 aliphatic carbocycles. The summed E-state index contributed by atoms with van der Waals surface area (Å²) in [5.74, 6) is 0.863. The number of hydrogen-bond donors (Lipinski definition) is 1. The maximum atomic E-state index is 12.2. The van der Waals surface area contributed by atoms with Crippen molar-refractivity contribution in [1.29, 1.82) is 0 Å². The second-order valence-electron chi connectivity index (χ2n) is 7.23. The van der Waals surface area contributed by atoms with E-state index in [4.69, 9.17) is 4.98 Å². The highest BCUT2D eigenvalue weighted by Crippen LogP contribution is 2.17. The smallest absolute Gasteiger partial charge is 0.244 e. The van der Waals surface area contributed by atoms with Crippen LogP contribution in [0.1, 0.15) is 17.0 Å². The van der Waals surface area contributed by atoms with E-state index in [1.807, 2.05) is 72.8 Å². The molecule has 0 atom stereocenters. The molecule has 0 saturated carbocycles. The molecule has 4 rings (SSSR count). The Morgan fingerprint density at radius 3 is 2.23 bits per heavy atom. The van der Waals surface area contributed by atoms with Gasteiger partial charge in [-0.15, -0.1) is 0 Å². The largest absolute Gasteiger partial charge is 0.352 e. The van der Waals surface area contributed by atoms with E-state index in [9.17, 15) is 4.79 Å². The molecule has 31 heavy (non-hydrogen) atoms. The normalized spacial score (nSPS) is 11.5. The van der Waals surface area contributed by atoms with Crippen LogP contribution >= 0.6 is 0 Å². The molecule has 1 N–H and O–H groups in total. The summed E-state index contributed by atoms with van der Waals surface area (Å²) < 4.78 is 2.21. The molecule has 4 heteroatoms. The topological polar surface area (TPSA) is 46.9 Å². The zero-order chi connectivity index (χ0) is 21.3. The van der Waals surface area contributed by atoms with Crippen molar-refractivity contribution in [3.05, 3.63) is 114 Å². The Morgan fingerprint density at radius 2 is 1.48 bits per heavy atom. The van der Waals surface area contributed by atoms with Crippen LogP contribution in [0, 0.1) is 0 Å². The molecule has 0 saturated heterocycles. The third kappa shape index (κ3) is 5.58. The number of nitrogens with zero attached hydrogens (tertiary/aromatic N) is 2. The van der Waals surface area contributed by atoms with Crippen molar-refractivity contribution in [1.82, 2.24) is 14.9 Å². The average Bonchev–Trinajstić information content (AvgIpc) is 3.16. The van der Waals surface area contributed by atoms with Crippen LogP contribution in [-0.4, -0.2) is 22.0 Å². The first-order valence-electron chi connectivity index (χ1n) is 10.5. The summed E-state index contributed by atoms with van der Waals surface area (Å²) in [6.07, 6.45) is 8.32. The lowest BCUT2D eigenvalue weighted by Gasteiger charge is -2.07. The fraction of sp³-hybridized carbons (Fsp3) is 0.111. The Labute approximate surface area is 182 Å². The minimum absolute atomic E-state index is 0.101. The minimum atomic E-state index is -0.101. The van der Waals surface area contributed by atoms with Gasteiger partial charge in [0.15, 0.2) is 0 Å². The Balaban J connectivity index is 1.41. The summed E-state index contributed by atoms with van der Waals surface area (Å²) >= 11 is 0. The lowest BCUT2D eigenvalue weighted by molar-refractivity contribution is -0.116. The van der Waals surface area contributed by atoms with Gasteiger partial charge in [0.1, 0.15) is 5.82 Å². The highest BCUT2D eigenvalue weighted by Gasteiger charge is 2.09. The fourth-order valence-electron chi connectivity index (χ4n) is 3.47. The molecular formula is C27H25N3O. The highest BCUT2D eigenvalue weighted by molar-refractivity contribution is 5.91. The zero-order valence-electron chi connectivity index (χ0n) is 17.3. The molecule has 4 nitrogen and oxygen atoms in total. The summed E-state index contributed by atoms with van der Waals surface area (Å²) in [5, 5.41) is 2.96. The third-order valence-corrected chi connectivity index (χ3v) is 5.01. The van der Waals surface area contributed by atoms with E-state index in [2.05, 4.69) is 40.2 Å². The predicted octanol–water partition coefficient (Wildman–Crippen LogP) is 5.12. The van der Waals surface area contributed by atoms with Gasteiger partial charge < -0.3 is 9.88 Å². The monoisotopic (exact) mass is 407 g/mol.